The fourth-order valence-corrected chi connectivity index (χ4v) is 7.64. The first-order chi connectivity index (χ1) is 8.45. The number of rotatable bonds is 12. The average molecular weight is 295 g/mol. The molecule has 6 heteroatoms. The highest BCUT2D eigenvalue weighted by Crippen LogP contribution is 2.09. The van der Waals surface area contributed by atoms with Crippen molar-refractivity contribution in [2.45, 2.75) is 38.7 Å². The molecule has 0 spiro atoms. The number of ether oxygens (including phenoxy) is 3. The monoisotopic (exact) mass is 294 g/mol. The summed E-state index contributed by atoms with van der Waals surface area (Å²) in [6, 6.07) is 1.20. The van der Waals surface area contributed by atoms with Gasteiger partial charge >= 0.3 is 0 Å². The molecule has 0 saturated carbocycles. The Kier molecular flexibility index (Phi) is 11.3. The lowest BCUT2D eigenvalue weighted by Crippen LogP contribution is -2.33. The lowest BCUT2D eigenvalue weighted by Gasteiger charge is -2.22. The van der Waals surface area contributed by atoms with E-state index in [4.69, 9.17) is 18.3 Å². The maximum absolute atomic E-state index is 6.09. The fraction of sp³-hybridized carbons (Fsp3) is 1.00. The lowest BCUT2D eigenvalue weighted by atomic mass is 10.5. The summed E-state index contributed by atoms with van der Waals surface area (Å²) in [7, 11) is -0.619. The lowest BCUT2D eigenvalue weighted by molar-refractivity contribution is 0.0249. The van der Waals surface area contributed by atoms with Crippen LogP contribution in [0.1, 0.15) is 6.42 Å². The Labute approximate surface area is 115 Å². The van der Waals surface area contributed by atoms with E-state index in [0.29, 0.717) is 26.4 Å². The van der Waals surface area contributed by atoms with Gasteiger partial charge in [-0.1, -0.05) is 0 Å². The molecule has 1 atom stereocenters. The predicted octanol–water partition coefficient (Wildman–Crippen LogP) is 2.26. The smallest absolute Gasteiger partial charge is 0.170 e. The molecule has 0 amide bonds. The van der Waals surface area contributed by atoms with Gasteiger partial charge in [0.1, 0.15) is 0 Å². The van der Waals surface area contributed by atoms with Gasteiger partial charge in [0.15, 0.2) is 17.4 Å². The van der Waals surface area contributed by atoms with Crippen molar-refractivity contribution in [1.29, 1.82) is 0 Å². The summed E-state index contributed by atoms with van der Waals surface area (Å²) in [4.78, 5) is 0. The molecule has 0 aromatic carbocycles. The molecule has 0 saturated heterocycles. The van der Waals surface area contributed by atoms with E-state index in [0.717, 1.165) is 13.0 Å². The van der Waals surface area contributed by atoms with Crippen LogP contribution in [0.25, 0.3) is 0 Å². The molecule has 0 aliphatic rings. The van der Waals surface area contributed by atoms with Crippen molar-refractivity contribution >= 4 is 17.4 Å². The Morgan fingerprint density at radius 3 is 2.00 bits per heavy atom. The zero-order valence-electron chi connectivity index (χ0n) is 12.7. The van der Waals surface area contributed by atoms with Crippen LogP contribution >= 0.6 is 0 Å². The van der Waals surface area contributed by atoms with Crippen LogP contribution in [-0.2, 0) is 18.3 Å². The second-order valence-electron chi connectivity index (χ2n) is 5.40. The van der Waals surface area contributed by atoms with E-state index in [1.54, 1.807) is 7.11 Å². The second-order valence-corrected chi connectivity index (χ2v) is 12.8. The molecule has 1 unspecified atom stereocenters. The minimum Gasteiger partial charge on any atom is -0.458 e. The van der Waals surface area contributed by atoms with Crippen molar-refractivity contribution in [2.24, 2.45) is 0 Å². The van der Waals surface area contributed by atoms with Gasteiger partial charge in [-0.05, 0) is 38.7 Å². The molecule has 0 fully saturated rings. The van der Waals surface area contributed by atoms with Crippen LogP contribution in [0.2, 0.25) is 32.2 Å². The molecule has 0 bridgehead atoms. The van der Waals surface area contributed by atoms with Crippen molar-refractivity contribution in [3.05, 3.63) is 0 Å². The summed E-state index contributed by atoms with van der Waals surface area (Å²) in [6.45, 7) is 12.5. The minimum absolute atomic E-state index is 0.647. The van der Waals surface area contributed by atoms with Gasteiger partial charge in [-0.15, -0.1) is 0 Å². The third-order valence-electron chi connectivity index (χ3n) is 2.26. The number of hydrogen-bond acceptors (Lipinski definition) is 4. The predicted molar refractivity (Wildman–Crippen MR) is 80.4 cm³/mol. The fourth-order valence-electron chi connectivity index (χ4n) is 1.60. The Balaban J connectivity index is 3.20. The van der Waals surface area contributed by atoms with E-state index in [1.807, 2.05) is 0 Å². The van der Waals surface area contributed by atoms with Gasteiger partial charge in [0, 0.05) is 13.7 Å². The van der Waals surface area contributed by atoms with Gasteiger partial charge < -0.3 is 18.3 Å². The Morgan fingerprint density at radius 2 is 1.44 bits per heavy atom. The Bertz CT molecular complexity index is 185. The maximum Gasteiger partial charge on any atom is 0.170 e. The van der Waals surface area contributed by atoms with E-state index >= 15 is 0 Å². The molecule has 0 aromatic rings. The molecule has 18 heavy (non-hydrogen) atoms. The van der Waals surface area contributed by atoms with Gasteiger partial charge in [-0.3, -0.25) is 0 Å². The van der Waals surface area contributed by atoms with Crippen LogP contribution in [0, 0.1) is 0 Å². The molecule has 4 nitrogen and oxygen atoms in total. The van der Waals surface area contributed by atoms with Crippen LogP contribution in [0.15, 0.2) is 0 Å². The third kappa shape index (κ3) is 14.3. The Morgan fingerprint density at radius 1 is 0.889 bits per heavy atom. The first-order valence-electron chi connectivity index (χ1n) is 6.78. The van der Waals surface area contributed by atoms with Crippen molar-refractivity contribution in [2.75, 3.05) is 40.1 Å². The summed E-state index contributed by atoms with van der Waals surface area (Å²) in [5.74, 6) is 0. The molecule has 0 aliphatic carbocycles. The van der Waals surface area contributed by atoms with Gasteiger partial charge in [-0.25, -0.2) is 0 Å². The molecular weight excluding hydrogens is 264 g/mol. The standard InChI is InChI=1S/C12H30O4Si2/c1-13-8-9-15-11-10-14-7-6-12-17(2)16-18(3,4)5/h17H,6-12H2,1-5H3. The van der Waals surface area contributed by atoms with Crippen LogP contribution in [0.5, 0.6) is 0 Å². The molecule has 0 aromatic heterocycles. The van der Waals surface area contributed by atoms with E-state index in [-0.39, 0.29) is 0 Å². The molecule has 0 heterocycles. The van der Waals surface area contributed by atoms with Crippen molar-refractivity contribution < 1.29 is 18.3 Å². The molecule has 0 aliphatic heterocycles. The minimum atomic E-state index is -1.33. The zero-order valence-corrected chi connectivity index (χ0v) is 14.8. The van der Waals surface area contributed by atoms with Crippen LogP contribution in [0.4, 0.5) is 0 Å². The van der Waals surface area contributed by atoms with Crippen molar-refractivity contribution in [1.82, 2.24) is 0 Å². The first kappa shape index (κ1) is 18.3. The summed E-state index contributed by atoms with van der Waals surface area (Å²) in [5, 5.41) is 0. The number of methoxy groups -OCH3 is 1. The highest BCUT2D eigenvalue weighted by molar-refractivity contribution is 6.77. The van der Waals surface area contributed by atoms with E-state index < -0.39 is 17.4 Å². The van der Waals surface area contributed by atoms with Gasteiger partial charge in [0.05, 0.1) is 26.4 Å². The quantitative estimate of drug-likeness (QED) is 0.409. The molecule has 110 valence electrons. The van der Waals surface area contributed by atoms with Crippen LogP contribution in [-0.4, -0.2) is 57.5 Å². The third-order valence-corrected chi connectivity index (χ3v) is 7.92. The highest BCUT2D eigenvalue weighted by atomic mass is 28.4. The normalized spacial score (nSPS) is 13.8. The van der Waals surface area contributed by atoms with Crippen LogP contribution in [0.3, 0.4) is 0 Å². The van der Waals surface area contributed by atoms with Crippen molar-refractivity contribution in [3.63, 3.8) is 0 Å². The van der Waals surface area contributed by atoms with Crippen LogP contribution < -0.4 is 0 Å². The number of hydrogen-bond donors (Lipinski definition) is 0. The van der Waals surface area contributed by atoms with Crippen molar-refractivity contribution in [3.8, 4) is 0 Å². The topological polar surface area (TPSA) is 36.9 Å². The van der Waals surface area contributed by atoms with Gasteiger partial charge in [-0.2, -0.15) is 0 Å². The summed E-state index contributed by atoms with van der Waals surface area (Å²) >= 11 is 0. The average Bonchev–Trinajstić information content (AvgIpc) is 2.24. The largest absolute Gasteiger partial charge is 0.458 e. The highest BCUT2D eigenvalue weighted by Gasteiger charge is 2.18. The summed E-state index contributed by atoms with van der Waals surface area (Å²) in [5.41, 5.74) is 0. The molecule has 0 radical (unpaired) electrons. The summed E-state index contributed by atoms with van der Waals surface area (Å²) in [6.07, 6.45) is 1.11. The Hall–Kier alpha value is 0.274. The molecule has 0 N–H and O–H groups in total. The summed E-state index contributed by atoms with van der Waals surface area (Å²) < 4.78 is 21.8. The van der Waals surface area contributed by atoms with Gasteiger partial charge in [0.25, 0.3) is 0 Å². The first-order valence-corrected chi connectivity index (χ1v) is 12.6. The SMILES string of the molecule is COCCOCCOCCC[SiH](C)O[Si](C)(C)C. The second kappa shape index (κ2) is 11.1. The molecule has 0 rings (SSSR count). The molecular formula is C12H30O4Si2. The van der Waals surface area contributed by atoms with E-state index in [2.05, 4.69) is 26.2 Å². The van der Waals surface area contributed by atoms with E-state index in [1.165, 1.54) is 6.04 Å². The van der Waals surface area contributed by atoms with E-state index in [9.17, 15) is 0 Å². The maximum atomic E-state index is 6.09. The zero-order chi connectivity index (χ0) is 13.9. The van der Waals surface area contributed by atoms with Gasteiger partial charge in [0.2, 0.25) is 0 Å².